The normalized spacial score (nSPS) is 11.8. The van der Waals surface area contributed by atoms with Gasteiger partial charge in [-0.3, -0.25) is 0 Å². The summed E-state index contributed by atoms with van der Waals surface area (Å²) in [5, 5.41) is 0. The standard InChI is InChI=1S/C16H24/c1-3-4-5-7-10-15(2)13-14-16-11-8-6-9-12-16/h6,8-12H,3-5,7,13-14H2,1-2H3/b15-10-. The second-order valence-corrected chi connectivity index (χ2v) is 4.53. The van der Waals surface area contributed by atoms with Crippen molar-refractivity contribution in [2.24, 2.45) is 0 Å². The minimum Gasteiger partial charge on any atom is -0.0856 e. The zero-order chi connectivity index (χ0) is 11.6. The third kappa shape index (κ3) is 5.75. The summed E-state index contributed by atoms with van der Waals surface area (Å²) in [5.41, 5.74) is 2.99. The summed E-state index contributed by atoms with van der Waals surface area (Å²) in [5.74, 6) is 0. The Bertz CT molecular complexity index is 295. The summed E-state index contributed by atoms with van der Waals surface area (Å²) < 4.78 is 0. The average Bonchev–Trinajstić information content (AvgIpc) is 2.33. The molecule has 0 bridgehead atoms. The molecule has 0 fully saturated rings. The summed E-state index contributed by atoms with van der Waals surface area (Å²) in [4.78, 5) is 0. The molecule has 0 spiro atoms. The molecule has 0 aliphatic carbocycles. The minimum atomic E-state index is 1.18. The highest BCUT2D eigenvalue weighted by atomic mass is 14.0. The molecule has 0 aromatic heterocycles. The molecule has 0 nitrogen and oxygen atoms in total. The van der Waals surface area contributed by atoms with Crippen LogP contribution in [-0.2, 0) is 6.42 Å². The Morgan fingerprint density at radius 3 is 2.56 bits per heavy atom. The molecule has 88 valence electrons. The lowest BCUT2D eigenvalue weighted by molar-refractivity contribution is 0.725. The summed E-state index contributed by atoms with van der Waals surface area (Å²) in [6, 6.07) is 10.7. The lowest BCUT2D eigenvalue weighted by Crippen LogP contribution is -1.86. The second kappa shape index (κ2) is 8.15. The van der Waals surface area contributed by atoms with Crippen molar-refractivity contribution in [3.05, 3.63) is 47.5 Å². The number of unbranched alkanes of at least 4 members (excludes halogenated alkanes) is 3. The Balaban J connectivity index is 2.21. The van der Waals surface area contributed by atoms with E-state index in [0.717, 1.165) is 0 Å². The number of rotatable bonds is 7. The largest absolute Gasteiger partial charge is 0.0856 e. The summed E-state index contributed by atoms with van der Waals surface area (Å²) >= 11 is 0. The molecule has 0 aliphatic heterocycles. The van der Waals surface area contributed by atoms with Crippen LogP contribution in [0.25, 0.3) is 0 Å². The van der Waals surface area contributed by atoms with Crippen LogP contribution in [0.15, 0.2) is 42.0 Å². The average molecular weight is 216 g/mol. The molecule has 1 aromatic rings. The number of allylic oxidation sites excluding steroid dienone is 2. The molecular formula is C16H24. The van der Waals surface area contributed by atoms with E-state index in [1.165, 1.54) is 44.1 Å². The van der Waals surface area contributed by atoms with Crippen molar-refractivity contribution >= 4 is 0 Å². The Hall–Kier alpha value is -1.04. The SMILES string of the molecule is CCCCC/C=C(/C)CCc1ccccc1. The van der Waals surface area contributed by atoms with Crippen LogP contribution in [0.2, 0.25) is 0 Å². The summed E-state index contributed by atoms with van der Waals surface area (Å²) in [6.07, 6.45) is 10.1. The first-order valence-corrected chi connectivity index (χ1v) is 6.52. The Kier molecular flexibility index (Phi) is 6.64. The van der Waals surface area contributed by atoms with E-state index in [9.17, 15) is 0 Å². The van der Waals surface area contributed by atoms with Gasteiger partial charge < -0.3 is 0 Å². The molecule has 0 radical (unpaired) electrons. The number of hydrogen-bond acceptors (Lipinski definition) is 0. The van der Waals surface area contributed by atoms with E-state index in [1.54, 1.807) is 5.57 Å². The van der Waals surface area contributed by atoms with E-state index in [-0.39, 0.29) is 0 Å². The topological polar surface area (TPSA) is 0 Å². The fourth-order valence-electron chi connectivity index (χ4n) is 1.83. The first-order valence-electron chi connectivity index (χ1n) is 6.52. The maximum atomic E-state index is 2.42. The number of hydrogen-bond donors (Lipinski definition) is 0. The van der Waals surface area contributed by atoms with E-state index in [0.29, 0.717) is 0 Å². The van der Waals surface area contributed by atoms with E-state index in [4.69, 9.17) is 0 Å². The van der Waals surface area contributed by atoms with Crippen molar-refractivity contribution in [2.75, 3.05) is 0 Å². The third-order valence-electron chi connectivity index (χ3n) is 2.95. The molecule has 16 heavy (non-hydrogen) atoms. The van der Waals surface area contributed by atoms with Crippen LogP contribution in [0, 0.1) is 0 Å². The van der Waals surface area contributed by atoms with E-state index in [2.05, 4.69) is 50.3 Å². The van der Waals surface area contributed by atoms with Crippen molar-refractivity contribution in [1.82, 2.24) is 0 Å². The highest BCUT2D eigenvalue weighted by molar-refractivity contribution is 5.16. The zero-order valence-electron chi connectivity index (χ0n) is 10.7. The lowest BCUT2D eigenvalue weighted by atomic mass is 10.0. The Morgan fingerprint density at radius 1 is 1.12 bits per heavy atom. The smallest absolute Gasteiger partial charge is 0.0242 e. The highest BCUT2D eigenvalue weighted by Crippen LogP contribution is 2.10. The molecule has 0 heteroatoms. The van der Waals surface area contributed by atoms with Gasteiger partial charge in [-0.15, -0.1) is 0 Å². The molecule has 0 amide bonds. The van der Waals surface area contributed by atoms with Gasteiger partial charge in [0.05, 0.1) is 0 Å². The Labute approximate surface area is 100 Å². The molecule has 0 heterocycles. The summed E-state index contributed by atoms with van der Waals surface area (Å²) in [7, 11) is 0. The first-order chi connectivity index (χ1) is 7.83. The van der Waals surface area contributed by atoms with Gasteiger partial charge in [-0.25, -0.2) is 0 Å². The maximum absolute atomic E-state index is 2.42. The van der Waals surface area contributed by atoms with Crippen molar-refractivity contribution in [1.29, 1.82) is 0 Å². The Morgan fingerprint density at radius 2 is 1.88 bits per heavy atom. The predicted molar refractivity (Wildman–Crippen MR) is 72.7 cm³/mol. The van der Waals surface area contributed by atoms with Crippen LogP contribution in [0.5, 0.6) is 0 Å². The zero-order valence-corrected chi connectivity index (χ0v) is 10.7. The number of aryl methyl sites for hydroxylation is 1. The molecule has 0 saturated heterocycles. The molecular weight excluding hydrogens is 192 g/mol. The first kappa shape index (κ1) is 13.0. The molecule has 0 N–H and O–H groups in total. The fraction of sp³-hybridized carbons (Fsp3) is 0.500. The van der Waals surface area contributed by atoms with Crippen LogP contribution >= 0.6 is 0 Å². The van der Waals surface area contributed by atoms with Gasteiger partial charge in [0.25, 0.3) is 0 Å². The van der Waals surface area contributed by atoms with Crippen molar-refractivity contribution in [2.45, 2.75) is 52.4 Å². The molecule has 1 aromatic carbocycles. The molecule has 1 rings (SSSR count). The lowest BCUT2D eigenvalue weighted by Gasteiger charge is -2.02. The second-order valence-electron chi connectivity index (χ2n) is 4.53. The van der Waals surface area contributed by atoms with Gasteiger partial charge in [0.15, 0.2) is 0 Å². The van der Waals surface area contributed by atoms with Crippen LogP contribution < -0.4 is 0 Å². The van der Waals surface area contributed by atoms with Crippen molar-refractivity contribution in [3.8, 4) is 0 Å². The molecule has 0 unspecified atom stereocenters. The van der Waals surface area contributed by atoms with Gasteiger partial charge in [-0.05, 0) is 38.2 Å². The van der Waals surface area contributed by atoms with Crippen LogP contribution in [0.1, 0.15) is 51.5 Å². The predicted octanol–water partition coefficient (Wildman–Crippen LogP) is 5.15. The van der Waals surface area contributed by atoms with Crippen LogP contribution in [0.4, 0.5) is 0 Å². The highest BCUT2D eigenvalue weighted by Gasteiger charge is 1.93. The molecule has 0 aliphatic rings. The van der Waals surface area contributed by atoms with Crippen LogP contribution in [-0.4, -0.2) is 0 Å². The quantitative estimate of drug-likeness (QED) is 0.437. The monoisotopic (exact) mass is 216 g/mol. The third-order valence-corrected chi connectivity index (χ3v) is 2.95. The van der Waals surface area contributed by atoms with Gasteiger partial charge >= 0.3 is 0 Å². The van der Waals surface area contributed by atoms with E-state index < -0.39 is 0 Å². The van der Waals surface area contributed by atoms with E-state index in [1.807, 2.05) is 0 Å². The minimum absolute atomic E-state index is 1.18. The van der Waals surface area contributed by atoms with Gasteiger partial charge in [-0.2, -0.15) is 0 Å². The van der Waals surface area contributed by atoms with Gasteiger partial charge in [0, 0.05) is 0 Å². The fourth-order valence-corrected chi connectivity index (χ4v) is 1.83. The summed E-state index contributed by atoms with van der Waals surface area (Å²) in [6.45, 7) is 4.51. The number of benzene rings is 1. The molecule has 0 saturated carbocycles. The van der Waals surface area contributed by atoms with Crippen molar-refractivity contribution < 1.29 is 0 Å². The van der Waals surface area contributed by atoms with Gasteiger partial charge in [-0.1, -0.05) is 61.7 Å². The van der Waals surface area contributed by atoms with Crippen LogP contribution in [0.3, 0.4) is 0 Å². The molecule has 0 atom stereocenters. The van der Waals surface area contributed by atoms with Gasteiger partial charge in [0.2, 0.25) is 0 Å². The van der Waals surface area contributed by atoms with Crippen molar-refractivity contribution in [3.63, 3.8) is 0 Å². The maximum Gasteiger partial charge on any atom is -0.0242 e. The van der Waals surface area contributed by atoms with E-state index >= 15 is 0 Å². The van der Waals surface area contributed by atoms with Gasteiger partial charge in [0.1, 0.15) is 0 Å².